The number of nitrogens with zero attached hydrogens (tertiary/aromatic N) is 1. The summed E-state index contributed by atoms with van der Waals surface area (Å²) in [6, 6.07) is 11.0. The van der Waals surface area contributed by atoms with Gasteiger partial charge in [-0.15, -0.1) is 0 Å². The highest BCUT2D eigenvalue weighted by Crippen LogP contribution is 2.35. The number of hydrogen-bond acceptors (Lipinski definition) is 3. The van der Waals surface area contributed by atoms with Crippen LogP contribution in [0.3, 0.4) is 0 Å². The second-order valence-electron chi connectivity index (χ2n) is 5.04. The second kappa shape index (κ2) is 6.83. The van der Waals surface area contributed by atoms with Crippen LogP contribution in [0.2, 0.25) is 5.02 Å². The number of rotatable bonds is 5. The smallest absolute Gasteiger partial charge is 0.128 e. The van der Waals surface area contributed by atoms with Gasteiger partial charge in [0.25, 0.3) is 0 Å². The van der Waals surface area contributed by atoms with Crippen LogP contribution in [-0.2, 0) is 6.54 Å². The third-order valence-electron chi connectivity index (χ3n) is 3.65. The van der Waals surface area contributed by atoms with Gasteiger partial charge in [0.05, 0.1) is 0 Å². The fraction of sp³-hybridized carbons (Fsp3) is 0.294. The number of aromatic hydroxyl groups is 1. The molecule has 0 heterocycles. The topological polar surface area (TPSA) is 49.5 Å². The average molecular weight is 305 g/mol. The molecule has 0 aliphatic heterocycles. The van der Waals surface area contributed by atoms with Crippen molar-refractivity contribution in [3.8, 4) is 16.9 Å². The third kappa shape index (κ3) is 3.69. The zero-order chi connectivity index (χ0) is 15.4. The minimum atomic E-state index is 0.290. The Kier molecular flexibility index (Phi) is 5.10. The van der Waals surface area contributed by atoms with E-state index in [0.717, 1.165) is 29.8 Å². The van der Waals surface area contributed by atoms with Crippen LogP contribution in [-0.4, -0.2) is 23.1 Å². The Morgan fingerprint density at radius 3 is 2.29 bits per heavy atom. The molecule has 0 aliphatic carbocycles. The number of phenols is 1. The maximum Gasteiger partial charge on any atom is 0.128 e. The summed E-state index contributed by atoms with van der Waals surface area (Å²) in [5, 5.41) is 11.2. The number of benzene rings is 2. The first-order chi connectivity index (χ1) is 10.0. The largest absolute Gasteiger partial charge is 0.507 e. The molecular weight excluding hydrogens is 284 g/mol. The van der Waals surface area contributed by atoms with Gasteiger partial charge in [-0.1, -0.05) is 37.6 Å². The second-order valence-corrected chi connectivity index (χ2v) is 5.48. The average Bonchev–Trinajstić information content (AvgIpc) is 2.48. The fourth-order valence-electron chi connectivity index (χ4n) is 2.38. The fourth-order valence-corrected chi connectivity index (χ4v) is 2.50. The van der Waals surface area contributed by atoms with E-state index in [0.29, 0.717) is 23.0 Å². The van der Waals surface area contributed by atoms with E-state index >= 15 is 0 Å². The van der Waals surface area contributed by atoms with E-state index in [-0.39, 0.29) is 0 Å². The lowest BCUT2D eigenvalue weighted by molar-refractivity contribution is 0.291. The van der Waals surface area contributed by atoms with E-state index in [4.69, 9.17) is 17.3 Å². The Bertz CT molecular complexity index is 607. The van der Waals surface area contributed by atoms with Crippen molar-refractivity contribution in [2.75, 3.05) is 18.8 Å². The standard InChI is InChI=1S/C17H21ClN2O/c1-3-20(4-2)11-13-9-15(19)10-16(17(13)21)12-5-7-14(18)8-6-12/h5-10,21H,3-4,11,19H2,1-2H3. The van der Waals surface area contributed by atoms with Crippen molar-refractivity contribution in [1.82, 2.24) is 4.90 Å². The summed E-state index contributed by atoms with van der Waals surface area (Å²) < 4.78 is 0. The predicted molar refractivity (Wildman–Crippen MR) is 89.6 cm³/mol. The number of hydrogen-bond donors (Lipinski definition) is 2. The predicted octanol–water partition coefficient (Wildman–Crippen LogP) is 4.14. The van der Waals surface area contributed by atoms with Crippen LogP contribution in [0, 0.1) is 0 Å². The SMILES string of the molecule is CCN(CC)Cc1cc(N)cc(-c2ccc(Cl)cc2)c1O. The van der Waals surface area contributed by atoms with Gasteiger partial charge in [0, 0.05) is 28.4 Å². The van der Waals surface area contributed by atoms with E-state index in [1.165, 1.54) is 0 Å². The van der Waals surface area contributed by atoms with Gasteiger partial charge in [-0.25, -0.2) is 0 Å². The summed E-state index contributed by atoms with van der Waals surface area (Å²) in [6.07, 6.45) is 0. The summed E-state index contributed by atoms with van der Waals surface area (Å²) in [7, 11) is 0. The van der Waals surface area contributed by atoms with Gasteiger partial charge in [-0.05, 0) is 42.9 Å². The molecule has 0 aromatic heterocycles. The molecule has 21 heavy (non-hydrogen) atoms. The maximum atomic E-state index is 10.6. The van der Waals surface area contributed by atoms with Gasteiger partial charge in [-0.3, -0.25) is 4.90 Å². The minimum Gasteiger partial charge on any atom is -0.507 e. The molecule has 0 saturated carbocycles. The summed E-state index contributed by atoms with van der Waals surface area (Å²) in [5.41, 5.74) is 9.15. The highest BCUT2D eigenvalue weighted by atomic mass is 35.5. The lowest BCUT2D eigenvalue weighted by Crippen LogP contribution is -2.22. The van der Waals surface area contributed by atoms with E-state index in [9.17, 15) is 5.11 Å². The summed E-state index contributed by atoms with van der Waals surface area (Å²) >= 11 is 5.91. The van der Waals surface area contributed by atoms with Crippen LogP contribution in [0.15, 0.2) is 36.4 Å². The van der Waals surface area contributed by atoms with Crippen LogP contribution in [0.4, 0.5) is 5.69 Å². The number of halogens is 1. The number of nitrogen functional groups attached to an aromatic ring is 1. The summed E-state index contributed by atoms with van der Waals surface area (Å²) in [4.78, 5) is 2.24. The minimum absolute atomic E-state index is 0.290. The third-order valence-corrected chi connectivity index (χ3v) is 3.91. The summed E-state index contributed by atoms with van der Waals surface area (Å²) in [5.74, 6) is 0.290. The highest BCUT2D eigenvalue weighted by Gasteiger charge is 2.13. The van der Waals surface area contributed by atoms with Crippen LogP contribution in [0.1, 0.15) is 19.4 Å². The first kappa shape index (κ1) is 15.7. The van der Waals surface area contributed by atoms with E-state index in [2.05, 4.69) is 18.7 Å². The molecule has 3 nitrogen and oxygen atoms in total. The molecule has 3 N–H and O–H groups in total. The molecule has 2 rings (SSSR count). The van der Waals surface area contributed by atoms with Crippen LogP contribution in [0.5, 0.6) is 5.75 Å². The Balaban J connectivity index is 2.43. The number of anilines is 1. The molecule has 0 atom stereocenters. The monoisotopic (exact) mass is 304 g/mol. The lowest BCUT2D eigenvalue weighted by Gasteiger charge is -2.20. The van der Waals surface area contributed by atoms with Crippen LogP contribution >= 0.6 is 11.6 Å². The van der Waals surface area contributed by atoms with Gasteiger partial charge in [0.15, 0.2) is 0 Å². The van der Waals surface area contributed by atoms with Crippen molar-refractivity contribution < 1.29 is 5.11 Å². The normalized spacial score (nSPS) is 11.0. The molecule has 2 aromatic carbocycles. The first-order valence-electron chi connectivity index (χ1n) is 7.14. The van der Waals surface area contributed by atoms with Gasteiger partial charge < -0.3 is 10.8 Å². The van der Waals surface area contributed by atoms with Crippen LogP contribution in [0.25, 0.3) is 11.1 Å². The van der Waals surface area contributed by atoms with Crippen LogP contribution < -0.4 is 5.73 Å². The molecular formula is C17H21ClN2O. The molecule has 112 valence electrons. The number of nitrogens with two attached hydrogens (primary N) is 1. The Morgan fingerprint density at radius 2 is 1.71 bits per heavy atom. The molecule has 0 radical (unpaired) electrons. The van der Waals surface area contributed by atoms with Gasteiger partial charge in [0.1, 0.15) is 5.75 Å². The number of phenolic OH excluding ortho intramolecular Hbond substituents is 1. The molecule has 0 aliphatic rings. The Morgan fingerprint density at radius 1 is 1.10 bits per heavy atom. The molecule has 0 amide bonds. The zero-order valence-corrected chi connectivity index (χ0v) is 13.2. The van der Waals surface area contributed by atoms with Crippen molar-refractivity contribution in [2.45, 2.75) is 20.4 Å². The molecule has 0 spiro atoms. The summed E-state index contributed by atoms with van der Waals surface area (Å²) in [6.45, 7) is 6.76. The zero-order valence-electron chi connectivity index (χ0n) is 12.4. The van der Waals surface area contributed by atoms with Crippen molar-refractivity contribution in [1.29, 1.82) is 0 Å². The maximum absolute atomic E-state index is 10.6. The lowest BCUT2D eigenvalue weighted by atomic mass is 10.00. The van der Waals surface area contributed by atoms with E-state index < -0.39 is 0 Å². The molecule has 4 heteroatoms. The van der Waals surface area contributed by atoms with Crippen molar-refractivity contribution >= 4 is 17.3 Å². The highest BCUT2D eigenvalue weighted by molar-refractivity contribution is 6.30. The first-order valence-corrected chi connectivity index (χ1v) is 7.52. The van der Waals surface area contributed by atoms with E-state index in [1.54, 1.807) is 6.07 Å². The van der Waals surface area contributed by atoms with Crippen molar-refractivity contribution in [2.24, 2.45) is 0 Å². The molecule has 2 aromatic rings. The van der Waals surface area contributed by atoms with E-state index in [1.807, 2.05) is 30.3 Å². The quantitative estimate of drug-likeness (QED) is 0.645. The molecule has 0 fully saturated rings. The Labute approximate surface area is 131 Å². The van der Waals surface area contributed by atoms with Crippen molar-refractivity contribution in [3.63, 3.8) is 0 Å². The van der Waals surface area contributed by atoms with Gasteiger partial charge >= 0.3 is 0 Å². The van der Waals surface area contributed by atoms with Gasteiger partial charge in [0.2, 0.25) is 0 Å². The van der Waals surface area contributed by atoms with Crippen molar-refractivity contribution in [3.05, 3.63) is 47.0 Å². The molecule has 0 bridgehead atoms. The molecule has 0 unspecified atom stereocenters. The Hall–Kier alpha value is -1.71. The molecule has 0 saturated heterocycles. The van der Waals surface area contributed by atoms with Gasteiger partial charge in [-0.2, -0.15) is 0 Å².